The highest BCUT2D eigenvalue weighted by Crippen LogP contribution is 1.95. The van der Waals surface area contributed by atoms with Crippen molar-refractivity contribution in [2.45, 2.75) is 0 Å². The Morgan fingerprint density at radius 2 is 1.40 bits per heavy atom. The summed E-state index contributed by atoms with van der Waals surface area (Å²) in [5.41, 5.74) is 0. The number of halogens is 1. The Labute approximate surface area is 81.0 Å². The number of likely N-dealkylation sites (N-methyl/N-ethyl adjacent to an activating group) is 1. The predicted molar refractivity (Wildman–Crippen MR) is 57.7 cm³/mol. The Kier molecular flexibility index (Phi) is 7.58. The van der Waals surface area contributed by atoms with Gasteiger partial charge in [-0.25, -0.2) is 0 Å². The van der Waals surface area contributed by atoms with Gasteiger partial charge in [-0.05, 0) is 12.2 Å². The van der Waals surface area contributed by atoms with Crippen LogP contribution in [0.4, 0.5) is 0 Å². The van der Waals surface area contributed by atoms with Gasteiger partial charge in [0.25, 0.3) is 0 Å². The van der Waals surface area contributed by atoms with E-state index in [-0.39, 0.29) is 24.0 Å². The number of hydrogen-bond acceptors (Lipinski definition) is 0. The zero-order chi connectivity index (χ0) is 7.33. The number of rotatable bonds is 4. The quantitative estimate of drug-likeness (QED) is 0.409. The molecule has 0 aliphatic heterocycles. The molecule has 0 rings (SSSR count). The molecule has 0 fully saturated rings. The minimum Gasteiger partial charge on any atom is -0.322 e. The van der Waals surface area contributed by atoms with Crippen molar-refractivity contribution >= 4 is 24.0 Å². The largest absolute Gasteiger partial charge is 0.322 e. The molecule has 60 valence electrons. The molecular formula is C8H17IN+. The Bertz CT molecular complexity index is 95.8. The lowest BCUT2D eigenvalue weighted by molar-refractivity contribution is -0.878. The predicted octanol–water partition coefficient (Wildman–Crippen LogP) is 2.05. The van der Waals surface area contributed by atoms with Crippen LogP contribution in [-0.2, 0) is 0 Å². The van der Waals surface area contributed by atoms with E-state index in [4.69, 9.17) is 0 Å². The van der Waals surface area contributed by atoms with Gasteiger partial charge in [0.2, 0.25) is 0 Å². The summed E-state index contributed by atoms with van der Waals surface area (Å²) in [5, 5.41) is 0. The average Bonchev–Trinajstić information content (AvgIpc) is 1.64. The normalized spacial score (nSPS) is 9.80. The van der Waals surface area contributed by atoms with Crippen LogP contribution in [0.1, 0.15) is 0 Å². The molecule has 0 aliphatic carbocycles. The molecule has 0 aromatic heterocycles. The second-order valence-corrected chi connectivity index (χ2v) is 2.88. The van der Waals surface area contributed by atoms with E-state index in [9.17, 15) is 0 Å². The van der Waals surface area contributed by atoms with Crippen LogP contribution in [0.2, 0.25) is 0 Å². The van der Waals surface area contributed by atoms with Crippen LogP contribution in [0.3, 0.4) is 0 Å². The Morgan fingerprint density at radius 1 is 1.10 bits per heavy atom. The van der Waals surface area contributed by atoms with Gasteiger partial charge >= 0.3 is 0 Å². The second kappa shape index (κ2) is 5.92. The van der Waals surface area contributed by atoms with Crippen molar-refractivity contribution in [1.82, 2.24) is 0 Å². The Hall–Kier alpha value is 0.170. The van der Waals surface area contributed by atoms with Crippen molar-refractivity contribution in [1.29, 1.82) is 0 Å². The SMILES string of the molecule is C=CC[N+](C)(C)CC=C.I. The lowest BCUT2D eigenvalue weighted by atomic mass is 10.4. The van der Waals surface area contributed by atoms with Crippen LogP contribution in [0.25, 0.3) is 0 Å². The third-order valence-electron chi connectivity index (χ3n) is 1.25. The monoisotopic (exact) mass is 254 g/mol. The van der Waals surface area contributed by atoms with Crippen LogP contribution in [0, 0.1) is 0 Å². The first-order chi connectivity index (χ1) is 4.12. The van der Waals surface area contributed by atoms with Crippen molar-refractivity contribution in [2.24, 2.45) is 0 Å². The Balaban J connectivity index is 0. The summed E-state index contributed by atoms with van der Waals surface area (Å²) < 4.78 is 0.951. The molecule has 1 nitrogen and oxygen atoms in total. The maximum Gasteiger partial charge on any atom is 0.0969 e. The molecule has 0 aromatic rings. The molecule has 0 spiro atoms. The number of nitrogens with zero attached hydrogens (tertiary/aromatic N) is 1. The minimum atomic E-state index is 0. The van der Waals surface area contributed by atoms with Gasteiger partial charge < -0.3 is 4.48 Å². The molecule has 0 amide bonds. The summed E-state index contributed by atoms with van der Waals surface area (Å²) in [5.74, 6) is 0. The van der Waals surface area contributed by atoms with Crippen LogP contribution in [0.15, 0.2) is 25.3 Å². The van der Waals surface area contributed by atoms with E-state index in [1.165, 1.54) is 0 Å². The van der Waals surface area contributed by atoms with E-state index in [1.54, 1.807) is 0 Å². The maximum atomic E-state index is 3.68. The molecule has 0 bridgehead atoms. The van der Waals surface area contributed by atoms with E-state index in [0.29, 0.717) is 0 Å². The Morgan fingerprint density at radius 3 is 1.60 bits per heavy atom. The molecular weight excluding hydrogens is 237 g/mol. The summed E-state index contributed by atoms with van der Waals surface area (Å²) in [7, 11) is 4.31. The van der Waals surface area contributed by atoms with E-state index in [0.717, 1.165) is 17.6 Å². The molecule has 0 heterocycles. The zero-order valence-electron chi connectivity index (χ0n) is 6.84. The smallest absolute Gasteiger partial charge is 0.0969 e. The topological polar surface area (TPSA) is 0 Å². The van der Waals surface area contributed by atoms with Crippen molar-refractivity contribution in [3.63, 3.8) is 0 Å². The molecule has 0 unspecified atom stereocenters. The fourth-order valence-electron chi connectivity index (χ4n) is 0.774. The second-order valence-electron chi connectivity index (χ2n) is 2.88. The molecule has 0 aliphatic rings. The number of quaternary nitrogens is 1. The third-order valence-corrected chi connectivity index (χ3v) is 1.25. The van der Waals surface area contributed by atoms with Crippen molar-refractivity contribution in [3.8, 4) is 0 Å². The molecule has 10 heavy (non-hydrogen) atoms. The summed E-state index contributed by atoms with van der Waals surface area (Å²) >= 11 is 0. The summed E-state index contributed by atoms with van der Waals surface area (Å²) in [6.07, 6.45) is 3.87. The molecule has 0 saturated heterocycles. The van der Waals surface area contributed by atoms with E-state index < -0.39 is 0 Å². The van der Waals surface area contributed by atoms with Crippen LogP contribution in [-0.4, -0.2) is 31.7 Å². The average molecular weight is 254 g/mol. The minimum absolute atomic E-state index is 0. The van der Waals surface area contributed by atoms with Gasteiger partial charge in [-0.2, -0.15) is 0 Å². The van der Waals surface area contributed by atoms with Crippen LogP contribution < -0.4 is 0 Å². The molecule has 0 saturated carbocycles. The van der Waals surface area contributed by atoms with E-state index in [1.807, 2.05) is 12.2 Å². The summed E-state index contributed by atoms with van der Waals surface area (Å²) in [6, 6.07) is 0. The molecule has 2 heteroatoms. The standard InChI is InChI=1S/C8H16N.HI/c1-5-7-9(3,4)8-6-2;/h5-6H,1-2,7-8H2,3-4H3;1H/q+1;. The van der Waals surface area contributed by atoms with Gasteiger partial charge in [0.1, 0.15) is 0 Å². The highest BCUT2D eigenvalue weighted by atomic mass is 127. The van der Waals surface area contributed by atoms with Gasteiger partial charge in [-0.1, -0.05) is 13.2 Å². The van der Waals surface area contributed by atoms with E-state index >= 15 is 0 Å². The molecule has 0 aromatic carbocycles. The fraction of sp³-hybridized carbons (Fsp3) is 0.500. The maximum absolute atomic E-state index is 3.68. The first-order valence-electron chi connectivity index (χ1n) is 3.16. The van der Waals surface area contributed by atoms with Crippen LogP contribution in [0.5, 0.6) is 0 Å². The summed E-state index contributed by atoms with van der Waals surface area (Å²) in [4.78, 5) is 0. The highest BCUT2D eigenvalue weighted by Gasteiger charge is 2.07. The zero-order valence-corrected chi connectivity index (χ0v) is 9.17. The van der Waals surface area contributed by atoms with Crippen molar-refractivity contribution < 1.29 is 4.48 Å². The first kappa shape index (κ1) is 12.8. The molecule has 0 N–H and O–H groups in total. The van der Waals surface area contributed by atoms with E-state index in [2.05, 4.69) is 27.3 Å². The summed E-state index contributed by atoms with van der Waals surface area (Å²) in [6.45, 7) is 9.37. The number of hydrogen-bond donors (Lipinski definition) is 0. The van der Waals surface area contributed by atoms with Gasteiger partial charge in [0.05, 0.1) is 27.2 Å². The van der Waals surface area contributed by atoms with Gasteiger partial charge in [0.15, 0.2) is 0 Å². The lowest BCUT2D eigenvalue weighted by Crippen LogP contribution is -2.39. The van der Waals surface area contributed by atoms with Gasteiger partial charge in [0, 0.05) is 0 Å². The van der Waals surface area contributed by atoms with Crippen molar-refractivity contribution in [2.75, 3.05) is 27.2 Å². The lowest BCUT2D eigenvalue weighted by Gasteiger charge is -2.26. The van der Waals surface area contributed by atoms with Gasteiger partial charge in [-0.3, -0.25) is 0 Å². The fourth-order valence-corrected chi connectivity index (χ4v) is 0.774. The molecule has 0 atom stereocenters. The van der Waals surface area contributed by atoms with Crippen LogP contribution >= 0.6 is 24.0 Å². The highest BCUT2D eigenvalue weighted by molar-refractivity contribution is 14.0. The van der Waals surface area contributed by atoms with Gasteiger partial charge in [-0.15, -0.1) is 24.0 Å². The molecule has 0 radical (unpaired) electrons. The van der Waals surface area contributed by atoms with Crippen molar-refractivity contribution in [3.05, 3.63) is 25.3 Å². The third kappa shape index (κ3) is 6.29. The first-order valence-corrected chi connectivity index (χ1v) is 3.16.